The van der Waals surface area contributed by atoms with Crippen LogP contribution in [0, 0.1) is 5.82 Å². The summed E-state index contributed by atoms with van der Waals surface area (Å²) in [5.41, 5.74) is 4.40. The third-order valence-electron chi connectivity index (χ3n) is 6.70. The molecule has 5 heteroatoms. The molecule has 0 saturated carbocycles. The van der Waals surface area contributed by atoms with Crippen LogP contribution in [0.15, 0.2) is 48.5 Å². The SMILES string of the molecule is CCN(CC)CCN1CCN(CCc2c(-c3cccc(F)c3)[nH]c3ccccc23)CC1. The predicted molar refractivity (Wildman–Crippen MR) is 128 cm³/mol. The van der Waals surface area contributed by atoms with Crippen LogP contribution >= 0.6 is 0 Å². The van der Waals surface area contributed by atoms with E-state index >= 15 is 0 Å². The van der Waals surface area contributed by atoms with Gasteiger partial charge in [-0.3, -0.25) is 4.90 Å². The molecule has 31 heavy (non-hydrogen) atoms. The van der Waals surface area contributed by atoms with Gasteiger partial charge in [0.25, 0.3) is 0 Å². The fraction of sp³-hybridized carbons (Fsp3) is 0.462. The van der Waals surface area contributed by atoms with Gasteiger partial charge in [-0.2, -0.15) is 0 Å². The molecule has 4 nitrogen and oxygen atoms in total. The van der Waals surface area contributed by atoms with Gasteiger partial charge in [-0.05, 0) is 43.3 Å². The number of hydrogen-bond donors (Lipinski definition) is 1. The molecule has 0 bridgehead atoms. The Morgan fingerprint density at radius 1 is 0.903 bits per heavy atom. The second-order valence-electron chi connectivity index (χ2n) is 8.49. The van der Waals surface area contributed by atoms with Gasteiger partial charge in [0.2, 0.25) is 0 Å². The maximum Gasteiger partial charge on any atom is 0.123 e. The van der Waals surface area contributed by atoms with E-state index in [-0.39, 0.29) is 5.82 Å². The lowest BCUT2D eigenvalue weighted by molar-refractivity contribution is 0.121. The van der Waals surface area contributed by atoms with Crippen LogP contribution in [0.3, 0.4) is 0 Å². The maximum absolute atomic E-state index is 13.9. The number of aromatic nitrogens is 1. The highest BCUT2D eigenvalue weighted by atomic mass is 19.1. The summed E-state index contributed by atoms with van der Waals surface area (Å²) in [4.78, 5) is 11.2. The Labute approximate surface area is 185 Å². The average molecular weight is 423 g/mol. The lowest BCUT2D eigenvalue weighted by atomic mass is 10.0. The molecule has 0 radical (unpaired) electrons. The molecule has 1 saturated heterocycles. The topological polar surface area (TPSA) is 25.5 Å². The molecule has 3 aromatic rings. The van der Waals surface area contributed by atoms with Crippen LogP contribution in [0.1, 0.15) is 19.4 Å². The Balaban J connectivity index is 1.40. The van der Waals surface area contributed by atoms with Gasteiger partial charge in [-0.15, -0.1) is 0 Å². The minimum absolute atomic E-state index is 0.192. The molecule has 1 aliphatic rings. The van der Waals surface area contributed by atoms with Gasteiger partial charge < -0.3 is 14.8 Å². The third kappa shape index (κ3) is 5.35. The summed E-state index contributed by atoms with van der Waals surface area (Å²) in [6.07, 6.45) is 0.968. The first kappa shape index (κ1) is 22.0. The molecule has 4 rings (SSSR count). The molecular formula is C26H35FN4. The first-order valence-corrected chi connectivity index (χ1v) is 11.7. The third-order valence-corrected chi connectivity index (χ3v) is 6.70. The summed E-state index contributed by atoms with van der Waals surface area (Å²) < 4.78 is 13.9. The van der Waals surface area contributed by atoms with E-state index in [9.17, 15) is 4.39 Å². The average Bonchev–Trinajstić information content (AvgIpc) is 3.18. The standard InChI is InChI=1S/C26H35FN4/c1-3-29(4-2)14-15-31-18-16-30(17-19-31)13-12-24-23-10-5-6-11-25(23)28-26(24)21-8-7-9-22(27)20-21/h5-11,20,28H,3-4,12-19H2,1-2H3. The van der Waals surface area contributed by atoms with E-state index < -0.39 is 0 Å². The van der Waals surface area contributed by atoms with E-state index in [1.165, 1.54) is 30.1 Å². The molecule has 1 N–H and O–H groups in total. The number of rotatable bonds is 9. The van der Waals surface area contributed by atoms with E-state index in [0.29, 0.717) is 0 Å². The van der Waals surface area contributed by atoms with E-state index in [1.807, 2.05) is 6.07 Å². The molecule has 166 valence electrons. The van der Waals surface area contributed by atoms with Gasteiger partial charge in [-0.1, -0.05) is 44.2 Å². The number of nitrogens with zero attached hydrogens (tertiary/aromatic N) is 3. The smallest absolute Gasteiger partial charge is 0.123 e. The Bertz CT molecular complexity index is 970. The second-order valence-corrected chi connectivity index (χ2v) is 8.49. The predicted octanol–water partition coefficient (Wildman–Crippen LogP) is 4.48. The van der Waals surface area contributed by atoms with Crippen molar-refractivity contribution in [2.24, 2.45) is 0 Å². The summed E-state index contributed by atoms with van der Waals surface area (Å²) in [5.74, 6) is -0.192. The Kier molecular flexibility index (Phi) is 7.38. The number of H-pyrrole nitrogens is 1. The first-order valence-electron chi connectivity index (χ1n) is 11.7. The summed E-state index contributed by atoms with van der Waals surface area (Å²) in [5, 5.41) is 1.25. The van der Waals surface area contributed by atoms with Gasteiger partial charge in [0.1, 0.15) is 5.82 Å². The highest BCUT2D eigenvalue weighted by Gasteiger charge is 2.19. The van der Waals surface area contributed by atoms with Crippen molar-refractivity contribution in [3.05, 3.63) is 59.9 Å². The number of piperazine rings is 1. The van der Waals surface area contributed by atoms with Crippen molar-refractivity contribution in [3.8, 4) is 11.3 Å². The zero-order chi connectivity index (χ0) is 21.6. The molecule has 0 spiro atoms. The summed E-state index contributed by atoms with van der Waals surface area (Å²) in [6, 6.07) is 15.3. The fourth-order valence-electron chi connectivity index (χ4n) is 4.68. The lowest BCUT2D eigenvalue weighted by Gasteiger charge is -2.35. The van der Waals surface area contributed by atoms with Crippen LogP contribution in [-0.2, 0) is 6.42 Å². The number of fused-ring (bicyclic) bond motifs is 1. The maximum atomic E-state index is 13.9. The number of halogens is 1. The molecule has 1 aromatic heterocycles. The normalized spacial score (nSPS) is 15.9. The van der Waals surface area contributed by atoms with Crippen molar-refractivity contribution in [2.75, 3.05) is 58.9 Å². The molecule has 0 unspecified atom stereocenters. The zero-order valence-corrected chi connectivity index (χ0v) is 18.9. The van der Waals surface area contributed by atoms with Crippen molar-refractivity contribution in [2.45, 2.75) is 20.3 Å². The van der Waals surface area contributed by atoms with Crippen LogP contribution in [-0.4, -0.2) is 78.6 Å². The zero-order valence-electron chi connectivity index (χ0n) is 18.9. The van der Waals surface area contributed by atoms with Crippen LogP contribution in [0.5, 0.6) is 0 Å². The minimum atomic E-state index is -0.192. The van der Waals surface area contributed by atoms with E-state index in [2.05, 4.69) is 57.8 Å². The van der Waals surface area contributed by atoms with Gasteiger partial charge in [-0.25, -0.2) is 4.39 Å². The number of benzene rings is 2. The first-order chi connectivity index (χ1) is 15.2. The van der Waals surface area contributed by atoms with Crippen LogP contribution in [0.25, 0.3) is 22.2 Å². The van der Waals surface area contributed by atoms with Crippen molar-refractivity contribution >= 4 is 10.9 Å². The highest BCUT2D eigenvalue weighted by molar-refractivity contribution is 5.90. The molecule has 0 amide bonds. The van der Waals surface area contributed by atoms with Crippen LogP contribution in [0.4, 0.5) is 4.39 Å². The van der Waals surface area contributed by atoms with Crippen molar-refractivity contribution in [1.29, 1.82) is 0 Å². The van der Waals surface area contributed by atoms with Crippen LogP contribution in [0.2, 0.25) is 0 Å². The Hall–Kier alpha value is -2.21. The number of hydrogen-bond acceptors (Lipinski definition) is 3. The van der Waals surface area contributed by atoms with E-state index in [0.717, 1.165) is 69.0 Å². The van der Waals surface area contributed by atoms with Gasteiger partial charge >= 0.3 is 0 Å². The summed E-state index contributed by atoms with van der Waals surface area (Å²) >= 11 is 0. The number of aromatic amines is 1. The molecule has 1 fully saturated rings. The molecule has 2 heterocycles. The van der Waals surface area contributed by atoms with Gasteiger partial charge in [0.15, 0.2) is 0 Å². The van der Waals surface area contributed by atoms with Crippen molar-refractivity contribution in [3.63, 3.8) is 0 Å². The quantitative estimate of drug-likeness (QED) is 0.551. The molecular weight excluding hydrogens is 387 g/mol. The van der Waals surface area contributed by atoms with Gasteiger partial charge in [0, 0.05) is 68.0 Å². The molecule has 0 atom stereocenters. The van der Waals surface area contributed by atoms with E-state index in [4.69, 9.17) is 0 Å². The monoisotopic (exact) mass is 422 g/mol. The number of nitrogens with one attached hydrogen (secondary N) is 1. The minimum Gasteiger partial charge on any atom is -0.354 e. The number of likely N-dealkylation sites (N-methyl/N-ethyl adjacent to an activating group) is 1. The lowest BCUT2D eigenvalue weighted by Crippen LogP contribution is -2.48. The summed E-state index contributed by atoms with van der Waals surface area (Å²) in [7, 11) is 0. The van der Waals surface area contributed by atoms with E-state index in [1.54, 1.807) is 12.1 Å². The largest absolute Gasteiger partial charge is 0.354 e. The van der Waals surface area contributed by atoms with Crippen molar-refractivity contribution in [1.82, 2.24) is 19.7 Å². The summed E-state index contributed by atoms with van der Waals surface area (Å²) in [6.45, 7) is 14.6. The number of para-hydroxylation sites is 1. The Morgan fingerprint density at radius 2 is 1.61 bits per heavy atom. The highest BCUT2D eigenvalue weighted by Crippen LogP contribution is 2.31. The molecule has 2 aromatic carbocycles. The second kappa shape index (κ2) is 10.4. The molecule has 0 aliphatic carbocycles. The fourth-order valence-corrected chi connectivity index (χ4v) is 4.68. The molecule has 1 aliphatic heterocycles. The van der Waals surface area contributed by atoms with Gasteiger partial charge in [0.05, 0.1) is 0 Å². The van der Waals surface area contributed by atoms with Crippen molar-refractivity contribution < 1.29 is 4.39 Å². The van der Waals surface area contributed by atoms with Crippen LogP contribution < -0.4 is 0 Å². The Morgan fingerprint density at radius 3 is 2.32 bits per heavy atom.